The molecule has 7 nitrogen and oxygen atoms in total. The van der Waals surface area contributed by atoms with Gasteiger partial charge in [0.2, 0.25) is 0 Å². The lowest BCUT2D eigenvalue weighted by Crippen LogP contribution is -2.55. The highest BCUT2D eigenvalue weighted by Crippen LogP contribution is 2.12. The number of carboxylic acid groups (broad SMARTS) is 1. The van der Waals surface area contributed by atoms with E-state index < -0.39 is 17.5 Å². The van der Waals surface area contributed by atoms with Crippen molar-refractivity contribution in [2.45, 2.75) is 32.2 Å². The number of methoxy groups -OCH3 is 1. The van der Waals surface area contributed by atoms with E-state index in [1.807, 2.05) is 6.92 Å². The fraction of sp³-hybridized carbons (Fsp3) is 0.833. The molecule has 1 unspecified atom stereocenters. The molecule has 2 amide bonds. The van der Waals surface area contributed by atoms with Crippen LogP contribution in [0.1, 0.15) is 26.7 Å². The number of carbonyl (C=O) groups is 2. The van der Waals surface area contributed by atoms with Crippen molar-refractivity contribution < 1.29 is 24.2 Å². The molecule has 0 aromatic heterocycles. The molecule has 19 heavy (non-hydrogen) atoms. The number of nitrogens with one attached hydrogen (secondary N) is 2. The first kappa shape index (κ1) is 17.7. The van der Waals surface area contributed by atoms with Crippen LogP contribution in [-0.2, 0) is 14.3 Å². The number of carbonyl (C=O) groups excluding carboxylic acids is 1. The first-order chi connectivity index (χ1) is 8.96. The van der Waals surface area contributed by atoms with Crippen molar-refractivity contribution in [3.05, 3.63) is 0 Å². The second-order valence-electron chi connectivity index (χ2n) is 4.37. The van der Waals surface area contributed by atoms with Gasteiger partial charge in [-0.1, -0.05) is 13.3 Å². The minimum atomic E-state index is -1.24. The molecule has 3 N–H and O–H groups in total. The van der Waals surface area contributed by atoms with E-state index in [2.05, 4.69) is 10.6 Å². The summed E-state index contributed by atoms with van der Waals surface area (Å²) in [6.07, 6.45) is 1.04. The highest BCUT2D eigenvalue weighted by Gasteiger charge is 2.33. The van der Waals surface area contributed by atoms with E-state index in [9.17, 15) is 9.59 Å². The predicted octanol–water partition coefficient (Wildman–Crippen LogP) is 0.592. The summed E-state index contributed by atoms with van der Waals surface area (Å²) in [5, 5.41) is 14.1. The molecule has 0 bridgehead atoms. The zero-order chi connectivity index (χ0) is 14.7. The SMILES string of the molecule is CCCC(C)(NC(=O)NCCOCCOC)C(=O)O. The summed E-state index contributed by atoms with van der Waals surface area (Å²) in [5.41, 5.74) is -1.24. The first-order valence-electron chi connectivity index (χ1n) is 6.32. The average Bonchev–Trinajstić information content (AvgIpc) is 2.33. The largest absolute Gasteiger partial charge is 0.480 e. The molecule has 7 heteroatoms. The quantitative estimate of drug-likeness (QED) is 0.507. The third-order valence-corrected chi connectivity index (χ3v) is 2.58. The molecule has 0 aliphatic heterocycles. The molecular weight excluding hydrogens is 252 g/mol. The van der Waals surface area contributed by atoms with Crippen molar-refractivity contribution in [1.29, 1.82) is 0 Å². The molecule has 0 aromatic rings. The maximum absolute atomic E-state index is 11.6. The Morgan fingerprint density at radius 3 is 2.47 bits per heavy atom. The Hall–Kier alpha value is -1.34. The maximum atomic E-state index is 11.6. The van der Waals surface area contributed by atoms with Crippen molar-refractivity contribution in [2.75, 3.05) is 33.5 Å². The van der Waals surface area contributed by atoms with Crippen molar-refractivity contribution in [3.8, 4) is 0 Å². The van der Waals surface area contributed by atoms with Gasteiger partial charge in [0.15, 0.2) is 0 Å². The van der Waals surface area contributed by atoms with Crippen LogP contribution in [-0.4, -0.2) is 56.1 Å². The normalized spacial score (nSPS) is 13.6. The number of urea groups is 1. The molecule has 112 valence electrons. The van der Waals surface area contributed by atoms with Gasteiger partial charge in [-0.3, -0.25) is 0 Å². The minimum absolute atomic E-state index is 0.317. The van der Waals surface area contributed by atoms with Crippen LogP contribution in [0, 0.1) is 0 Å². The highest BCUT2D eigenvalue weighted by molar-refractivity contribution is 5.85. The van der Waals surface area contributed by atoms with E-state index >= 15 is 0 Å². The monoisotopic (exact) mass is 276 g/mol. The highest BCUT2D eigenvalue weighted by atomic mass is 16.5. The van der Waals surface area contributed by atoms with Gasteiger partial charge in [-0.25, -0.2) is 9.59 Å². The van der Waals surface area contributed by atoms with Crippen LogP contribution >= 0.6 is 0 Å². The van der Waals surface area contributed by atoms with Crippen LogP contribution in [0.15, 0.2) is 0 Å². The molecule has 0 radical (unpaired) electrons. The molecule has 0 saturated carbocycles. The van der Waals surface area contributed by atoms with Crippen LogP contribution in [0.4, 0.5) is 4.79 Å². The Bertz CT molecular complexity index is 285. The zero-order valence-corrected chi connectivity index (χ0v) is 11.8. The number of carboxylic acids is 1. The van der Waals surface area contributed by atoms with Crippen LogP contribution < -0.4 is 10.6 Å². The van der Waals surface area contributed by atoms with Gasteiger partial charge in [0, 0.05) is 13.7 Å². The summed E-state index contributed by atoms with van der Waals surface area (Å²) in [6, 6.07) is -0.506. The molecule has 0 saturated heterocycles. The van der Waals surface area contributed by atoms with Gasteiger partial charge in [0.05, 0.1) is 19.8 Å². The summed E-state index contributed by atoms with van der Waals surface area (Å²) in [6.45, 7) is 4.99. The molecule has 0 fully saturated rings. The van der Waals surface area contributed by atoms with Gasteiger partial charge in [-0.15, -0.1) is 0 Å². The molecule has 1 atom stereocenters. The topological polar surface area (TPSA) is 96.9 Å². The lowest BCUT2D eigenvalue weighted by molar-refractivity contribution is -0.144. The summed E-state index contributed by atoms with van der Waals surface area (Å²) < 4.78 is 9.96. The van der Waals surface area contributed by atoms with Crippen LogP contribution in [0.3, 0.4) is 0 Å². The smallest absolute Gasteiger partial charge is 0.329 e. The number of aliphatic carboxylic acids is 1. The standard InChI is InChI=1S/C12H24N2O5/c1-4-5-12(2,10(15)16)14-11(17)13-6-7-19-9-8-18-3/h4-9H2,1-3H3,(H,15,16)(H2,13,14,17). The van der Waals surface area contributed by atoms with E-state index in [1.54, 1.807) is 7.11 Å². The van der Waals surface area contributed by atoms with Crippen molar-refractivity contribution in [3.63, 3.8) is 0 Å². The number of rotatable bonds is 10. The molecular formula is C12H24N2O5. The van der Waals surface area contributed by atoms with Crippen LogP contribution in [0.5, 0.6) is 0 Å². The zero-order valence-electron chi connectivity index (χ0n) is 11.8. The number of hydrogen-bond acceptors (Lipinski definition) is 4. The minimum Gasteiger partial charge on any atom is -0.480 e. The fourth-order valence-electron chi connectivity index (χ4n) is 1.50. The van der Waals surface area contributed by atoms with Gasteiger partial charge in [0.1, 0.15) is 5.54 Å². The van der Waals surface area contributed by atoms with Crippen molar-refractivity contribution in [2.24, 2.45) is 0 Å². The van der Waals surface area contributed by atoms with Gasteiger partial charge in [0.25, 0.3) is 0 Å². The van der Waals surface area contributed by atoms with Gasteiger partial charge < -0.3 is 25.2 Å². The molecule has 0 aromatic carbocycles. The average molecular weight is 276 g/mol. The fourth-order valence-corrected chi connectivity index (χ4v) is 1.50. The maximum Gasteiger partial charge on any atom is 0.329 e. The lowest BCUT2D eigenvalue weighted by Gasteiger charge is -2.25. The summed E-state index contributed by atoms with van der Waals surface area (Å²) >= 11 is 0. The Balaban J connectivity index is 3.91. The Morgan fingerprint density at radius 1 is 1.26 bits per heavy atom. The van der Waals surface area contributed by atoms with Crippen LogP contribution in [0.2, 0.25) is 0 Å². The summed E-state index contributed by atoms with van der Waals surface area (Å²) in [7, 11) is 1.58. The third-order valence-electron chi connectivity index (χ3n) is 2.58. The van der Waals surface area contributed by atoms with E-state index in [-0.39, 0.29) is 0 Å². The predicted molar refractivity (Wildman–Crippen MR) is 70.2 cm³/mol. The number of amides is 2. The third kappa shape index (κ3) is 7.63. The Labute approximate surface area is 113 Å². The Morgan fingerprint density at radius 2 is 1.95 bits per heavy atom. The molecule has 0 spiro atoms. The summed E-state index contributed by atoms with van der Waals surface area (Å²) in [5.74, 6) is -1.04. The van der Waals surface area contributed by atoms with Crippen molar-refractivity contribution >= 4 is 12.0 Å². The van der Waals surface area contributed by atoms with Crippen LogP contribution in [0.25, 0.3) is 0 Å². The molecule has 0 aliphatic carbocycles. The first-order valence-corrected chi connectivity index (χ1v) is 6.32. The van der Waals surface area contributed by atoms with Gasteiger partial charge >= 0.3 is 12.0 Å². The number of ether oxygens (including phenoxy) is 2. The second-order valence-corrected chi connectivity index (χ2v) is 4.37. The van der Waals surface area contributed by atoms with E-state index in [1.165, 1.54) is 6.92 Å². The van der Waals surface area contributed by atoms with Gasteiger partial charge in [-0.05, 0) is 13.3 Å². The molecule has 0 aliphatic rings. The van der Waals surface area contributed by atoms with Gasteiger partial charge in [-0.2, -0.15) is 0 Å². The van der Waals surface area contributed by atoms with E-state index in [0.717, 1.165) is 0 Å². The lowest BCUT2D eigenvalue weighted by atomic mass is 9.97. The summed E-state index contributed by atoms with van der Waals surface area (Å²) in [4.78, 5) is 22.7. The second kappa shape index (κ2) is 9.57. The molecule has 0 rings (SSSR count). The van der Waals surface area contributed by atoms with E-state index in [0.29, 0.717) is 39.2 Å². The molecule has 0 heterocycles. The van der Waals surface area contributed by atoms with E-state index in [4.69, 9.17) is 14.6 Å². The van der Waals surface area contributed by atoms with Crippen molar-refractivity contribution in [1.82, 2.24) is 10.6 Å². The Kier molecular flexibility index (Phi) is 8.90. The number of hydrogen-bond donors (Lipinski definition) is 3.